The number of aromatic amines is 1. The molecule has 1 fully saturated rings. The highest BCUT2D eigenvalue weighted by atomic mass is 19.4. The minimum Gasteiger partial charge on any atom is -0.393 e. The molecule has 1 aliphatic rings. The lowest BCUT2D eigenvalue weighted by atomic mass is 10.0. The van der Waals surface area contributed by atoms with Gasteiger partial charge < -0.3 is 10.4 Å². The molecular weight excluding hydrogens is 339 g/mol. The molecule has 136 valence electrons. The number of nitrogens with one attached hydrogen (secondary N) is 2. The lowest BCUT2D eigenvalue weighted by Gasteiger charge is -2.16. The van der Waals surface area contributed by atoms with Gasteiger partial charge in [-0.3, -0.25) is 4.57 Å². The van der Waals surface area contributed by atoms with Crippen LogP contribution in [0, 0.1) is 5.92 Å². The van der Waals surface area contributed by atoms with E-state index < -0.39 is 18.0 Å². The van der Waals surface area contributed by atoms with E-state index in [0.29, 0.717) is 18.7 Å². The number of rotatable bonds is 4. The molecule has 0 unspecified atom stereocenters. The molecule has 25 heavy (non-hydrogen) atoms. The molecule has 2 aromatic heterocycles. The molecule has 0 bridgehead atoms. The number of nitrogens with zero attached hydrogens (tertiary/aromatic N) is 3. The van der Waals surface area contributed by atoms with Gasteiger partial charge in [-0.2, -0.15) is 18.3 Å². The van der Waals surface area contributed by atoms with Crippen molar-refractivity contribution in [2.24, 2.45) is 13.0 Å². The molecule has 3 N–H and O–H groups in total. The van der Waals surface area contributed by atoms with E-state index in [1.807, 2.05) is 0 Å². The number of halogens is 3. The molecule has 0 radical (unpaired) electrons. The van der Waals surface area contributed by atoms with Crippen LogP contribution in [0.15, 0.2) is 23.0 Å². The zero-order valence-corrected chi connectivity index (χ0v) is 13.4. The van der Waals surface area contributed by atoms with Gasteiger partial charge in [0.2, 0.25) is 0 Å². The average Bonchev–Trinajstić information content (AvgIpc) is 3.08. The second-order valence-electron chi connectivity index (χ2n) is 6.23. The minimum absolute atomic E-state index is 0.0831. The summed E-state index contributed by atoms with van der Waals surface area (Å²) in [6, 6.07) is 3.64. The number of aromatic nitrogens is 4. The van der Waals surface area contributed by atoms with Crippen LogP contribution in [-0.2, 0) is 13.2 Å². The number of H-pyrrole nitrogens is 1. The fraction of sp³-hybridized carbons (Fsp3) is 0.533. The highest BCUT2D eigenvalue weighted by molar-refractivity contribution is 5.36. The van der Waals surface area contributed by atoms with Crippen LogP contribution in [0.3, 0.4) is 0 Å². The number of aliphatic hydroxyl groups is 1. The van der Waals surface area contributed by atoms with Gasteiger partial charge in [0.25, 0.3) is 0 Å². The highest BCUT2D eigenvalue weighted by Crippen LogP contribution is 2.37. The number of hydrogen-bond acceptors (Lipinski definition) is 5. The maximum Gasteiger partial charge on any atom is 0.433 e. The van der Waals surface area contributed by atoms with Crippen molar-refractivity contribution < 1.29 is 18.3 Å². The van der Waals surface area contributed by atoms with E-state index in [1.54, 1.807) is 7.05 Å². The summed E-state index contributed by atoms with van der Waals surface area (Å²) >= 11 is 0. The third-order valence-corrected chi connectivity index (χ3v) is 4.52. The van der Waals surface area contributed by atoms with Crippen LogP contribution in [0.1, 0.15) is 30.3 Å². The topological polar surface area (TPSA) is 95.8 Å². The van der Waals surface area contributed by atoms with E-state index >= 15 is 0 Å². The summed E-state index contributed by atoms with van der Waals surface area (Å²) in [4.78, 5) is 15.0. The summed E-state index contributed by atoms with van der Waals surface area (Å²) in [5.41, 5.74) is -1.28. The third kappa shape index (κ3) is 3.68. The van der Waals surface area contributed by atoms with E-state index in [9.17, 15) is 23.1 Å². The van der Waals surface area contributed by atoms with Gasteiger partial charge in [-0.15, -0.1) is 0 Å². The van der Waals surface area contributed by atoms with E-state index in [0.717, 1.165) is 6.07 Å². The predicted molar refractivity (Wildman–Crippen MR) is 83.0 cm³/mol. The Morgan fingerprint density at radius 3 is 2.80 bits per heavy atom. The van der Waals surface area contributed by atoms with Gasteiger partial charge in [0.15, 0.2) is 0 Å². The van der Waals surface area contributed by atoms with Crippen LogP contribution in [-0.4, -0.2) is 37.5 Å². The quantitative estimate of drug-likeness (QED) is 0.771. The van der Waals surface area contributed by atoms with Gasteiger partial charge >= 0.3 is 11.9 Å². The molecule has 0 spiro atoms. The Bertz CT molecular complexity index is 801. The lowest BCUT2D eigenvalue weighted by Crippen LogP contribution is -2.22. The summed E-state index contributed by atoms with van der Waals surface area (Å²) in [6.45, 7) is 0.282. The van der Waals surface area contributed by atoms with E-state index in [-0.39, 0.29) is 29.9 Å². The van der Waals surface area contributed by atoms with Crippen molar-refractivity contribution in [1.82, 2.24) is 19.7 Å². The van der Waals surface area contributed by atoms with Gasteiger partial charge in [0.1, 0.15) is 17.3 Å². The Morgan fingerprint density at radius 2 is 2.16 bits per heavy atom. The molecule has 1 aliphatic carbocycles. The number of aliphatic hydroxyl groups excluding tert-OH is 1. The first kappa shape index (κ1) is 17.5. The first-order chi connectivity index (χ1) is 11.8. The molecule has 10 heteroatoms. The van der Waals surface area contributed by atoms with Crippen molar-refractivity contribution in [3.63, 3.8) is 0 Å². The molecule has 3 atom stereocenters. The second kappa shape index (κ2) is 6.51. The van der Waals surface area contributed by atoms with Crippen LogP contribution in [0.25, 0.3) is 0 Å². The van der Waals surface area contributed by atoms with Crippen LogP contribution < -0.4 is 11.0 Å². The zero-order chi connectivity index (χ0) is 18.2. The summed E-state index contributed by atoms with van der Waals surface area (Å²) < 4.78 is 39.4. The van der Waals surface area contributed by atoms with Gasteiger partial charge in [0.05, 0.1) is 6.10 Å². The summed E-state index contributed by atoms with van der Waals surface area (Å²) in [5.74, 6) is 0.426. The lowest BCUT2D eigenvalue weighted by molar-refractivity contribution is -0.141. The second-order valence-corrected chi connectivity index (χ2v) is 6.23. The molecule has 3 rings (SSSR count). The zero-order valence-electron chi connectivity index (χ0n) is 13.4. The Hall–Kier alpha value is -2.36. The van der Waals surface area contributed by atoms with Crippen molar-refractivity contribution >= 4 is 5.82 Å². The summed E-state index contributed by atoms with van der Waals surface area (Å²) in [5, 5.41) is 19.4. The minimum atomic E-state index is -4.50. The van der Waals surface area contributed by atoms with E-state index in [4.69, 9.17) is 0 Å². The Balaban J connectivity index is 1.64. The van der Waals surface area contributed by atoms with Crippen molar-refractivity contribution in [1.29, 1.82) is 0 Å². The normalized spacial score (nSPS) is 23.8. The highest BCUT2D eigenvalue weighted by Gasteiger charge is 2.36. The van der Waals surface area contributed by atoms with Gasteiger partial charge in [0, 0.05) is 25.4 Å². The third-order valence-electron chi connectivity index (χ3n) is 4.52. The molecule has 2 heterocycles. The van der Waals surface area contributed by atoms with Gasteiger partial charge in [-0.05, 0) is 25.0 Å². The number of hydrogen-bond donors (Lipinski definition) is 3. The molecule has 0 saturated heterocycles. The standard InChI is InChI=1S/C15H18F3N5O2/c1-23-13(21-22-14(23)25)8-5-9(10(24)6-8)7-19-12-4-2-3-11(20-12)15(16,17)18/h2-4,8-10,24H,5-7H2,1H3,(H,19,20)(H,22,25)/t8-,9+,10+/m0/s1. The first-order valence-electron chi connectivity index (χ1n) is 7.83. The molecule has 1 saturated carbocycles. The monoisotopic (exact) mass is 357 g/mol. The van der Waals surface area contributed by atoms with Gasteiger partial charge in [-0.1, -0.05) is 6.07 Å². The van der Waals surface area contributed by atoms with Crippen LogP contribution in [0.2, 0.25) is 0 Å². The van der Waals surface area contributed by atoms with Crippen molar-refractivity contribution in [2.45, 2.75) is 31.0 Å². The Labute approximate surface area is 140 Å². The SMILES string of the molecule is Cn1c([C@H]2C[C@H](CNc3cccc(C(F)(F)F)n3)[C@H](O)C2)n[nH]c1=O. The number of alkyl halides is 3. The fourth-order valence-corrected chi connectivity index (χ4v) is 3.18. The van der Waals surface area contributed by atoms with E-state index in [2.05, 4.69) is 20.5 Å². The summed E-state index contributed by atoms with van der Waals surface area (Å²) in [7, 11) is 1.60. The van der Waals surface area contributed by atoms with Crippen LogP contribution >= 0.6 is 0 Å². The van der Waals surface area contributed by atoms with E-state index in [1.165, 1.54) is 16.7 Å². The number of pyridine rings is 1. The molecular formula is C15H18F3N5O2. The molecule has 0 aromatic carbocycles. The maximum absolute atomic E-state index is 12.7. The smallest absolute Gasteiger partial charge is 0.393 e. The molecule has 0 amide bonds. The first-order valence-corrected chi connectivity index (χ1v) is 7.83. The maximum atomic E-state index is 12.7. The van der Waals surface area contributed by atoms with Gasteiger partial charge in [-0.25, -0.2) is 14.9 Å². The largest absolute Gasteiger partial charge is 0.433 e. The van der Waals surface area contributed by atoms with Crippen molar-refractivity contribution in [2.75, 3.05) is 11.9 Å². The van der Waals surface area contributed by atoms with Crippen LogP contribution in [0.4, 0.5) is 19.0 Å². The number of anilines is 1. The predicted octanol–water partition coefficient (Wildman–Crippen LogP) is 1.49. The van der Waals surface area contributed by atoms with Crippen LogP contribution in [0.5, 0.6) is 0 Å². The Morgan fingerprint density at radius 1 is 1.40 bits per heavy atom. The molecule has 2 aromatic rings. The molecule has 0 aliphatic heterocycles. The fourth-order valence-electron chi connectivity index (χ4n) is 3.18. The van der Waals surface area contributed by atoms with Crippen molar-refractivity contribution in [3.05, 3.63) is 40.2 Å². The molecule has 7 nitrogen and oxygen atoms in total. The average molecular weight is 357 g/mol. The Kier molecular flexibility index (Phi) is 4.55. The summed E-state index contributed by atoms with van der Waals surface area (Å²) in [6.07, 6.45) is -4.11. The van der Waals surface area contributed by atoms with Crippen molar-refractivity contribution in [3.8, 4) is 0 Å².